The molecule has 1 N–H and O–H groups in total. The molecule has 92 valence electrons. The van der Waals surface area contributed by atoms with Gasteiger partial charge in [-0.25, -0.2) is 14.8 Å². The van der Waals surface area contributed by atoms with Crippen LogP contribution in [0, 0.1) is 5.92 Å². The highest BCUT2D eigenvalue weighted by molar-refractivity contribution is 5.88. The Kier molecular flexibility index (Phi) is 3.41. The van der Waals surface area contributed by atoms with Crippen LogP contribution in [0.1, 0.15) is 60.9 Å². The summed E-state index contributed by atoms with van der Waals surface area (Å²) in [6, 6.07) is 0. The van der Waals surface area contributed by atoms with Gasteiger partial charge in [0, 0.05) is 12.1 Å². The summed E-state index contributed by atoms with van der Waals surface area (Å²) in [4.78, 5) is 19.7. The molecule has 1 heterocycles. The number of aromatic carboxylic acids is 1. The first-order valence-electron chi connectivity index (χ1n) is 6.21. The fourth-order valence-electron chi connectivity index (χ4n) is 2.52. The first kappa shape index (κ1) is 12.0. The van der Waals surface area contributed by atoms with Crippen molar-refractivity contribution in [3.63, 3.8) is 0 Å². The summed E-state index contributed by atoms with van der Waals surface area (Å²) < 4.78 is 0. The zero-order valence-electron chi connectivity index (χ0n) is 10.3. The fourth-order valence-corrected chi connectivity index (χ4v) is 2.52. The Labute approximate surface area is 101 Å². The van der Waals surface area contributed by atoms with E-state index in [0.29, 0.717) is 18.0 Å². The Morgan fingerprint density at radius 3 is 2.82 bits per heavy atom. The first-order chi connectivity index (χ1) is 8.11. The van der Waals surface area contributed by atoms with Gasteiger partial charge in [-0.3, -0.25) is 0 Å². The lowest BCUT2D eigenvalue weighted by molar-refractivity contribution is 0.0694. The fraction of sp³-hybridized carbons (Fsp3) is 0.615. The number of aromatic nitrogens is 2. The second-order valence-corrected chi connectivity index (χ2v) is 4.86. The van der Waals surface area contributed by atoms with Crippen LogP contribution >= 0.6 is 0 Å². The molecule has 0 radical (unpaired) electrons. The summed E-state index contributed by atoms with van der Waals surface area (Å²) in [5.41, 5.74) is 0.893. The van der Waals surface area contributed by atoms with Crippen LogP contribution in [0.25, 0.3) is 0 Å². The molecule has 0 bridgehead atoms. The third kappa shape index (κ3) is 2.46. The number of rotatable bonds is 3. The van der Waals surface area contributed by atoms with Gasteiger partial charge in [0.25, 0.3) is 0 Å². The SMILES string of the molecule is CCc1nc(C2CCC(C)C2)ncc1C(=O)O. The van der Waals surface area contributed by atoms with Crippen LogP contribution < -0.4 is 0 Å². The number of carboxylic acid groups (broad SMARTS) is 1. The lowest BCUT2D eigenvalue weighted by Gasteiger charge is -2.10. The largest absolute Gasteiger partial charge is 0.478 e. The van der Waals surface area contributed by atoms with Gasteiger partial charge in [0.05, 0.1) is 11.3 Å². The molecule has 4 nitrogen and oxygen atoms in total. The van der Waals surface area contributed by atoms with Crippen LogP contribution in [0.15, 0.2) is 6.20 Å². The number of nitrogens with zero attached hydrogens (tertiary/aromatic N) is 2. The smallest absolute Gasteiger partial charge is 0.339 e. The van der Waals surface area contributed by atoms with E-state index in [4.69, 9.17) is 5.11 Å². The van der Waals surface area contributed by atoms with E-state index in [1.54, 1.807) is 0 Å². The molecule has 0 spiro atoms. The van der Waals surface area contributed by atoms with Gasteiger partial charge in [-0.15, -0.1) is 0 Å². The van der Waals surface area contributed by atoms with Gasteiger partial charge in [-0.1, -0.05) is 13.8 Å². The summed E-state index contributed by atoms with van der Waals surface area (Å²) in [6.45, 7) is 4.17. The quantitative estimate of drug-likeness (QED) is 0.873. The number of hydrogen-bond acceptors (Lipinski definition) is 3. The summed E-state index contributed by atoms with van der Waals surface area (Å²) >= 11 is 0. The molecule has 1 saturated carbocycles. The van der Waals surface area contributed by atoms with E-state index in [-0.39, 0.29) is 5.56 Å². The lowest BCUT2D eigenvalue weighted by atomic mass is 10.0. The number of carboxylic acids is 1. The molecule has 4 heteroatoms. The number of aryl methyl sites for hydroxylation is 1. The number of carbonyl (C=O) groups is 1. The molecule has 17 heavy (non-hydrogen) atoms. The average molecular weight is 234 g/mol. The van der Waals surface area contributed by atoms with Crippen LogP contribution in [0.5, 0.6) is 0 Å². The van der Waals surface area contributed by atoms with Crippen LogP contribution in [0.4, 0.5) is 0 Å². The van der Waals surface area contributed by atoms with Gasteiger partial charge in [-0.05, 0) is 31.6 Å². The highest BCUT2D eigenvalue weighted by Gasteiger charge is 2.25. The van der Waals surface area contributed by atoms with Crippen LogP contribution in [0.2, 0.25) is 0 Å². The summed E-state index contributed by atoms with van der Waals surface area (Å²) in [7, 11) is 0. The predicted octanol–water partition coefficient (Wildman–Crippen LogP) is 2.64. The Morgan fingerprint density at radius 2 is 2.29 bits per heavy atom. The molecule has 0 aromatic carbocycles. The van der Waals surface area contributed by atoms with Crippen LogP contribution in [-0.4, -0.2) is 21.0 Å². The molecule has 2 atom stereocenters. The van der Waals surface area contributed by atoms with E-state index in [9.17, 15) is 4.79 Å². The molecule has 1 aliphatic rings. The summed E-state index contributed by atoms with van der Waals surface area (Å²) in [5.74, 6) is 1.04. The monoisotopic (exact) mass is 234 g/mol. The standard InChI is InChI=1S/C13H18N2O2/c1-3-11-10(13(16)17)7-14-12(15-11)9-5-4-8(2)6-9/h7-9H,3-6H2,1-2H3,(H,16,17). The highest BCUT2D eigenvalue weighted by atomic mass is 16.4. The minimum Gasteiger partial charge on any atom is -0.478 e. The van der Waals surface area contributed by atoms with Crippen molar-refractivity contribution in [1.29, 1.82) is 0 Å². The molecule has 1 aliphatic carbocycles. The zero-order valence-corrected chi connectivity index (χ0v) is 10.3. The topological polar surface area (TPSA) is 63.1 Å². The van der Waals surface area contributed by atoms with Crippen molar-refractivity contribution in [1.82, 2.24) is 9.97 Å². The third-order valence-corrected chi connectivity index (χ3v) is 3.51. The maximum Gasteiger partial charge on any atom is 0.339 e. The Morgan fingerprint density at radius 1 is 1.53 bits per heavy atom. The summed E-state index contributed by atoms with van der Waals surface area (Å²) in [6.07, 6.45) is 5.56. The van der Waals surface area contributed by atoms with Gasteiger partial charge < -0.3 is 5.11 Å². The third-order valence-electron chi connectivity index (χ3n) is 3.51. The minimum atomic E-state index is -0.937. The molecule has 0 aliphatic heterocycles. The van der Waals surface area contributed by atoms with E-state index in [0.717, 1.165) is 24.6 Å². The van der Waals surface area contributed by atoms with E-state index in [1.165, 1.54) is 12.6 Å². The predicted molar refractivity (Wildman–Crippen MR) is 64.1 cm³/mol. The Hall–Kier alpha value is -1.45. The minimum absolute atomic E-state index is 0.238. The molecular formula is C13H18N2O2. The van der Waals surface area contributed by atoms with Crippen molar-refractivity contribution in [3.8, 4) is 0 Å². The first-order valence-corrected chi connectivity index (χ1v) is 6.21. The normalized spacial score (nSPS) is 23.9. The van der Waals surface area contributed by atoms with E-state index in [1.807, 2.05) is 6.92 Å². The lowest BCUT2D eigenvalue weighted by Crippen LogP contribution is -2.10. The zero-order chi connectivity index (χ0) is 12.4. The summed E-state index contributed by atoms with van der Waals surface area (Å²) in [5, 5.41) is 9.02. The van der Waals surface area contributed by atoms with Crippen LogP contribution in [0.3, 0.4) is 0 Å². The molecule has 0 saturated heterocycles. The second-order valence-electron chi connectivity index (χ2n) is 4.86. The van der Waals surface area contributed by atoms with Crippen molar-refractivity contribution >= 4 is 5.97 Å². The maximum absolute atomic E-state index is 11.0. The van der Waals surface area contributed by atoms with Crippen LogP contribution in [-0.2, 0) is 6.42 Å². The second kappa shape index (κ2) is 4.82. The van der Waals surface area contributed by atoms with Crippen molar-refractivity contribution in [2.75, 3.05) is 0 Å². The molecular weight excluding hydrogens is 216 g/mol. The maximum atomic E-state index is 11.0. The van der Waals surface area contributed by atoms with E-state index >= 15 is 0 Å². The van der Waals surface area contributed by atoms with E-state index in [2.05, 4.69) is 16.9 Å². The number of hydrogen-bond donors (Lipinski definition) is 1. The van der Waals surface area contributed by atoms with E-state index < -0.39 is 5.97 Å². The van der Waals surface area contributed by atoms with Gasteiger partial charge in [0.1, 0.15) is 5.82 Å². The van der Waals surface area contributed by atoms with Gasteiger partial charge in [0.15, 0.2) is 0 Å². The average Bonchev–Trinajstić information content (AvgIpc) is 2.75. The van der Waals surface area contributed by atoms with Gasteiger partial charge in [0.2, 0.25) is 0 Å². The van der Waals surface area contributed by atoms with Crippen molar-refractivity contribution in [2.45, 2.75) is 45.4 Å². The molecule has 2 rings (SSSR count). The van der Waals surface area contributed by atoms with Crippen molar-refractivity contribution < 1.29 is 9.90 Å². The molecule has 1 aromatic heterocycles. The molecule has 2 unspecified atom stereocenters. The Balaban J connectivity index is 2.28. The molecule has 1 fully saturated rings. The highest BCUT2D eigenvalue weighted by Crippen LogP contribution is 2.36. The van der Waals surface area contributed by atoms with Gasteiger partial charge >= 0.3 is 5.97 Å². The molecule has 0 amide bonds. The van der Waals surface area contributed by atoms with Crippen molar-refractivity contribution in [2.24, 2.45) is 5.92 Å². The molecule has 1 aromatic rings. The Bertz CT molecular complexity index is 431. The van der Waals surface area contributed by atoms with Gasteiger partial charge in [-0.2, -0.15) is 0 Å². The van der Waals surface area contributed by atoms with Crippen molar-refractivity contribution in [3.05, 3.63) is 23.3 Å².